The Morgan fingerprint density at radius 1 is 1.09 bits per heavy atom. The van der Waals surface area contributed by atoms with Crippen molar-refractivity contribution in [3.8, 4) is 5.75 Å². The van der Waals surface area contributed by atoms with E-state index in [9.17, 15) is 13.2 Å². The maximum Gasteiger partial charge on any atom is 0.285 e. The Balaban J connectivity index is 1.33. The summed E-state index contributed by atoms with van der Waals surface area (Å²) in [5, 5.41) is 3.17. The van der Waals surface area contributed by atoms with Crippen molar-refractivity contribution in [3.05, 3.63) is 59.7 Å². The zero-order chi connectivity index (χ0) is 23.7. The van der Waals surface area contributed by atoms with Gasteiger partial charge in [0.2, 0.25) is 5.91 Å². The van der Waals surface area contributed by atoms with Crippen molar-refractivity contribution in [1.82, 2.24) is 15.1 Å². The van der Waals surface area contributed by atoms with Crippen molar-refractivity contribution in [3.63, 3.8) is 0 Å². The van der Waals surface area contributed by atoms with Crippen molar-refractivity contribution >= 4 is 21.8 Å². The summed E-state index contributed by atoms with van der Waals surface area (Å²) in [6, 6.07) is 14.5. The molecule has 0 saturated carbocycles. The summed E-state index contributed by atoms with van der Waals surface area (Å²) < 4.78 is 34.4. The molecule has 0 bridgehead atoms. The molecule has 34 heavy (non-hydrogen) atoms. The number of amides is 1. The predicted octanol–water partition coefficient (Wildman–Crippen LogP) is 2.56. The molecule has 2 fully saturated rings. The Bertz CT molecular complexity index is 1190. The minimum absolute atomic E-state index is 0.0807. The molecule has 1 amide bonds. The van der Waals surface area contributed by atoms with Gasteiger partial charge in [-0.3, -0.25) is 9.69 Å². The molecule has 5 rings (SSSR count). The van der Waals surface area contributed by atoms with Crippen molar-refractivity contribution < 1.29 is 17.9 Å². The van der Waals surface area contributed by atoms with E-state index in [1.54, 1.807) is 31.4 Å². The Kier molecular flexibility index (Phi) is 6.31. The fourth-order valence-electron chi connectivity index (χ4n) is 5.24. The molecule has 3 aliphatic rings. The quantitative estimate of drug-likeness (QED) is 0.681. The molecule has 0 radical (unpaired) electrons. The van der Waals surface area contributed by atoms with Crippen LogP contribution in [0, 0.1) is 0 Å². The standard InChI is InChI=1S/C25H30N4O4S/c1-33-19-12-10-18(11-13-19)22(28-14-4-5-15-28)17-26-25(30)21-8-6-16-29(21)24-20-7-2-3-9-23(20)34(31,32)27-24/h2-3,7,9-13,21-22H,4-6,8,14-17H2,1H3,(H,26,30)/t21-,22+/m0/s1. The summed E-state index contributed by atoms with van der Waals surface area (Å²) >= 11 is 0. The molecule has 3 heterocycles. The summed E-state index contributed by atoms with van der Waals surface area (Å²) in [5.41, 5.74) is 1.72. The second kappa shape index (κ2) is 9.38. The number of hydrogen-bond acceptors (Lipinski definition) is 6. The summed E-state index contributed by atoms with van der Waals surface area (Å²) in [6.07, 6.45) is 3.80. The first kappa shape index (κ1) is 22.9. The number of carbonyl (C=O) groups is 1. The largest absolute Gasteiger partial charge is 0.497 e. The second-order valence-corrected chi connectivity index (χ2v) is 10.6. The molecule has 2 saturated heterocycles. The maximum absolute atomic E-state index is 13.3. The number of hydrogen-bond donors (Lipinski definition) is 1. The van der Waals surface area contributed by atoms with Crippen molar-refractivity contribution in [2.75, 3.05) is 33.3 Å². The first-order valence-electron chi connectivity index (χ1n) is 11.8. The van der Waals surface area contributed by atoms with Gasteiger partial charge < -0.3 is 15.0 Å². The number of nitrogens with zero attached hydrogens (tertiary/aromatic N) is 3. The first-order valence-corrected chi connectivity index (χ1v) is 13.3. The SMILES string of the molecule is COc1ccc([C@@H](CNC(=O)[C@@H]2CCCN2C2=NS(=O)(=O)c3ccccc32)N2CCCC2)cc1. The van der Waals surface area contributed by atoms with Crippen molar-refractivity contribution in [2.24, 2.45) is 4.40 Å². The highest BCUT2D eigenvalue weighted by molar-refractivity contribution is 7.90. The van der Waals surface area contributed by atoms with Crippen LogP contribution in [0.5, 0.6) is 5.75 Å². The van der Waals surface area contributed by atoms with Gasteiger partial charge in [-0.1, -0.05) is 24.3 Å². The summed E-state index contributed by atoms with van der Waals surface area (Å²) in [6.45, 7) is 3.12. The molecule has 0 aromatic heterocycles. The van der Waals surface area contributed by atoms with Gasteiger partial charge >= 0.3 is 0 Å². The number of fused-ring (bicyclic) bond motifs is 1. The van der Waals surface area contributed by atoms with E-state index in [0.717, 1.165) is 43.7 Å². The third kappa shape index (κ3) is 4.30. The smallest absolute Gasteiger partial charge is 0.285 e. The number of benzene rings is 2. The predicted molar refractivity (Wildman–Crippen MR) is 129 cm³/mol. The molecule has 0 unspecified atom stereocenters. The number of likely N-dealkylation sites (tertiary alicyclic amines) is 2. The Labute approximate surface area is 200 Å². The van der Waals surface area contributed by atoms with Gasteiger partial charge in [0.1, 0.15) is 16.7 Å². The number of rotatable bonds is 6. The highest BCUT2D eigenvalue weighted by atomic mass is 32.2. The van der Waals surface area contributed by atoms with E-state index in [1.165, 1.54) is 0 Å². The fourth-order valence-corrected chi connectivity index (χ4v) is 6.46. The minimum Gasteiger partial charge on any atom is -0.497 e. The summed E-state index contributed by atoms with van der Waals surface area (Å²) in [4.78, 5) is 17.8. The van der Waals surface area contributed by atoms with Crippen LogP contribution in [0.2, 0.25) is 0 Å². The lowest BCUT2D eigenvalue weighted by Crippen LogP contribution is -2.48. The Hall–Kier alpha value is -2.91. The number of methoxy groups -OCH3 is 1. The van der Waals surface area contributed by atoms with Gasteiger partial charge in [-0.25, -0.2) is 0 Å². The van der Waals surface area contributed by atoms with Gasteiger partial charge in [-0.2, -0.15) is 8.42 Å². The highest BCUT2D eigenvalue weighted by Gasteiger charge is 2.39. The van der Waals surface area contributed by atoms with Crippen LogP contribution in [0.1, 0.15) is 42.9 Å². The molecular formula is C25H30N4O4S. The van der Waals surface area contributed by atoms with Gasteiger partial charge in [0.05, 0.1) is 13.2 Å². The number of ether oxygens (including phenoxy) is 1. The Morgan fingerprint density at radius 2 is 1.82 bits per heavy atom. The van der Waals surface area contributed by atoms with E-state index < -0.39 is 16.1 Å². The van der Waals surface area contributed by atoms with Crippen LogP contribution in [0.4, 0.5) is 0 Å². The zero-order valence-electron chi connectivity index (χ0n) is 19.3. The van der Waals surface area contributed by atoms with Gasteiger partial charge in [0.25, 0.3) is 10.0 Å². The number of sulfonamides is 1. The number of nitrogens with one attached hydrogen (secondary N) is 1. The molecule has 2 atom stereocenters. The van der Waals surface area contributed by atoms with E-state index >= 15 is 0 Å². The monoisotopic (exact) mass is 482 g/mol. The average molecular weight is 483 g/mol. The number of amidine groups is 1. The van der Waals surface area contributed by atoms with E-state index in [0.29, 0.717) is 30.9 Å². The molecule has 2 aromatic carbocycles. The Morgan fingerprint density at radius 3 is 2.56 bits per heavy atom. The molecule has 2 aromatic rings. The summed E-state index contributed by atoms with van der Waals surface area (Å²) in [7, 11) is -2.07. The van der Waals surface area contributed by atoms with Crippen LogP contribution >= 0.6 is 0 Å². The third-order valence-corrected chi connectivity index (χ3v) is 8.32. The molecule has 0 aliphatic carbocycles. The molecule has 0 spiro atoms. The average Bonchev–Trinajstić information content (AvgIpc) is 3.60. The zero-order valence-corrected chi connectivity index (χ0v) is 20.1. The number of carbonyl (C=O) groups excluding carboxylic acids is 1. The van der Waals surface area contributed by atoms with Gasteiger partial charge in [0, 0.05) is 18.7 Å². The maximum atomic E-state index is 13.3. The molecule has 9 heteroatoms. The lowest BCUT2D eigenvalue weighted by Gasteiger charge is -2.30. The van der Waals surface area contributed by atoms with Gasteiger partial charge in [-0.15, -0.1) is 4.40 Å². The fraction of sp³-hybridized carbons (Fsp3) is 0.440. The van der Waals surface area contributed by atoms with Crippen LogP contribution in [-0.2, 0) is 14.8 Å². The lowest BCUT2D eigenvalue weighted by atomic mass is 10.0. The van der Waals surface area contributed by atoms with Crippen molar-refractivity contribution in [1.29, 1.82) is 0 Å². The summed E-state index contributed by atoms with van der Waals surface area (Å²) in [5.74, 6) is 1.11. The third-order valence-electron chi connectivity index (χ3n) is 6.99. The molecular weight excluding hydrogens is 452 g/mol. The van der Waals surface area contributed by atoms with Crippen LogP contribution in [-0.4, -0.2) is 69.3 Å². The van der Waals surface area contributed by atoms with E-state index in [2.05, 4.69) is 26.7 Å². The van der Waals surface area contributed by atoms with E-state index in [4.69, 9.17) is 4.74 Å². The molecule has 180 valence electrons. The minimum atomic E-state index is -3.72. The van der Waals surface area contributed by atoms with Crippen LogP contribution < -0.4 is 10.1 Å². The van der Waals surface area contributed by atoms with Crippen LogP contribution in [0.15, 0.2) is 57.8 Å². The van der Waals surface area contributed by atoms with Crippen LogP contribution in [0.25, 0.3) is 0 Å². The molecule has 8 nitrogen and oxygen atoms in total. The van der Waals surface area contributed by atoms with Crippen LogP contribution in [0.3, 0.4) is 0 Å². The van der Waals surface area contributed by atoms with E-state index in [-0.39, 0.29) is 16.8 Å². The van der Waals surface area contributed by atoms with Gasteiger partial charge in [0.15, 0.2) is 5.84 Å². The molecule has 3 aliphatic heterocycles. The second-order valence-electron chi connectivity index (χ2n) is 9.01. The van der Waals surface area contributed by atoms with E-state index in [1.807, 2.05) is 17.0 Å². The van der Waals surface area contributed by atoms with Gasteiger partial charge in [-0.05, 0) is 68.6 Å². The first-order chi connectivity index (χ1) is 16.5. The highest BCUT2D eigenvalue weighted by Crippen LogP contribution is 2.31. The topological polar surface area (TPSA) is 91.3 Å². The normalized spacial score (nSPS) is 22.3. The molecule has 1 N–H and O–H groups in total. The lowest BCUT2D eigenvalue weighted by molar-refractivity contribution is -0.124. The van der Waals surface area contributed by atoms with Crippen molar-refractivity contribution in [2.45, 2.75) is 42.7 Å².